The van der Waals surface area contributed by atoms with E-state index in [0.29, 0.717) is 0 Å². The Hall–Kier alpha value is 0.0232. The summed E-state index contributed by atoms with van der Waals surface area (Å²) in [4.78, 5) is 11.0. The van der Waals surface area contributed by atoms with Gasteiger partial charge in [0.1, 0.15) is 8.80 Å². The zero-order valence-corrected chi connectivity index (χ0v) is 14.6. The van der Waals surface area contributed by atoms with Crippen molar-refractivity contribution in [2.45, 2.75) is 13.8 Å². The first kappa shape index (κ1) is 15.1. The molecule has 0 radical (unpaired) electrons. The minimum atomic E-state index is -2.01. The molecule has 0 spiro atoms. The van der Waals surface area contributed by atoms with Gasteiger partial charge in [0.2, 0.25) is 0 Å². The van der Waals surface area contributed by atoms with Crippen molar-refractivity contribution < 1.29 is 61.3 Å². The molecule has 4 heteroatoms. The number of carbonyl (C=O) groups excluding carboxylic acids is 1. The summed E-state index contributed by atoms with van der Waals surface area (Å²) in [6.45, 7) is 3.90. The van der Waals surface area contributed by atoms with Crippen LogP contribution in [0.25, 0.3) is 5.57 Å². The summed E-state index contributed by atoms with van der Waals surface area (Å²) < 4.78 is 0. The fourth-order valence-corrected chi connectivity index (χ4v) is 4.18. The molecule has 0 fully saturated rings. The van der Waals surface area contributed by atoms with Gasteiger partial charge in [-0.25, -0.2) is 0 Å². The van der Waals surface area contributed by atoms with Crippen molar-refractivity contribution in [1.29, 1.82) is 0 Å². The molecule has 0 aliphatic carbocycles. The van der Waals surface area contributed by atoms with Gasteiger partial charge in [0.15, 0.2) is 0 Å². The van der Waals surface area contributed by atoms with Crippen molar-refractivity contribution in [3.63, 3.8) is 0 Å². The molecule has 0 N–H and O–H groups in total. The second kappa shape index (κ2) is 6.27. The molecule has 82 valence electrons. The summed E-state index contributed by atoms with van der Waals surface area (Å²) in [6, 6.07) is 9.90. The Morgan fingerprint density at radius 3 is 2.24 bits per heavy atom. The maximum atomic E-state index is 11.0. The Balaban J connectivity index is 0.00000144. The smallest absolute Gasteiger partial charge is 0.555 e. The van der Waals surface area contributed by atoms with E-state index >= 15 is 0 Å². The third kappa shape index (κ3) is 3.07. The van der Waals surface area contributed by atoms with Gasteiger partial charge in [-0.2, -0.15) is 0 Å². The summed E-state index contributed by atoms with van der Waals surface area (Å²) in [7, 11) is -2.01. The molecular weight excluding hydrogens is 255 g/mol. The van der Waals surface area contributed by atoms with E-state index in [1.807, 2.05) is 49.9 Å². The summed E-state index contributed by atoms with van der Waals surface area (Å²) in [5.74, 6) is 0. The van der Waals surface area contributed by atoms with Crippen LogP contribution in [0.15, 0.2) is 46.8 Å². The fourth-order valence-electron chi connectivity index (χ4n) is 2.04. The molecule has 0 bridgehead atoms. The van der Waals surface area contributed by atoms with Crippen molar-refractivity contribution in [2.24, 2.45) is 0 Å². The third-order valence-electron chi connectivity index (χ3n) is 3.13. The molecule has 17 heavy (non-hydrogen) atoms. The summed E-state index contributed by atoms with van der Waals surface area (Å²) >= 11 is 0. The summed E-state index contributed by atoms with van der Waals surface area (Å²) in [5.41, 5.74) is 4.29. The minimum absolute atomic E-state index is 0. The van der Waals surface area contributed by atoms with Crippen molar-refractivity contribution in [2.75, 3.05) is 0 Å². The SMILES string of the molecule is CC1=C(C)[SiH](C(=O)[O-])C=C1c1ccccc1.[K+]. The Bertz CT molecular complexity index is 491. The van der Waals surface area contributed by atoms with Crippen LogP contribution in [0.3, 0.4) is 0 Å². The van der Waals surface area contributed by atoms with Crippen molar-refractivity contribution in [3.8, 4) is 0 Å². The molecule has 1 aromatic rings. The van der Waals surface area contributed by atoms with Gasteiger partial charge in [0.25, 0.3) is 0 Å². The van der Waals surface area contributed by atoms with E-state index in [9.17, 15) is 9.90 Å². The summed E-state index contributed by atoms with van der Waals surface area (Å²) in [6.07, 6.45) is 0. The van der Waals surface area contributed by atoms with Crippen molar-refractivity contribution >= 4 is 20.0 Å². The van der Waals surface area contributed by atoms with Crippen molar-refractivity contribution in [1.82, 2.24) is 0 Å². The molecule has 0 aromatic heterocycles. The zero-order valence-electron chi connectivity index (χ0n) is 10.4. The van der Waals surface area contributed by atoms with E-state index in [-0.39, 0.29) is 51.4 Å². The van der Waals surface area contributed by atoms with Crippen molar-refractivity contribution in [3.05, 3.63) is 52.4 Å². The van der Waals surface area contributed by atoms with Gasteiger partial charge in [0, 0.05) is 5.59 Å². The average Bonchev–Trinajstić information content (AvgIpc) is 2.58. The van der Waals surface area contributed by atoms with E-state index in [1.54, 1.807) is 0 Å². The Labute approximate surface area is 145 Å². The molecule has 1 atom stereocenters. The van der Waals surface area contributed by atoms with Crippen LogP contribution in [0.2, 0.25) is 0 Å². The van der Waals surface area contributed by atoms with Gasteiger partial charge >= 0.3 is 51.4 Å². The fraction of sp³-hybridized carbons (Fsp3) is 0.154. The predicted molar refractivity (Wildman–Crippen MR) is 65.3 cm³/mol. The quantitative estimate of drug-likeness (QED) is 0.623. The largest absolute Gasteiger partial charge is 1.00 e. The number of allylic oxidation sites excluding steroid dienone is 3. The Kier molecular flexibility index (Phi) is 5.56. The number of rotatable bonds is 2. The first-order chi connectivity index (χ1) is 7.61. The first-order valence-corrected chi connectivity index (χ1v) is 7.09. The van der Waals surface area contributed by atoms with Gasteiger partial charge in [0.05, 0.1) is 0 Å². The average molecular weight is 268 g/mol. The van der Waals surface area contributed by atoms with E-state index in [1.165, 1.54) is 0 Å². The maximum absolute atomic E-state index is 11.0. The Morgan fingerprint density at radius 2 is 1.76 bits per heavy atom. The maximum Gasteiger partial charge on any atom is 1.00 e. The standard InChI is InChI=1S/C13H14O2Si.K/c1-9-10(2)16(13(14)15)8-12(9)11-6-4-3-5-7-11;/h3-8,16H,1-2H3,(H,14,15);/q;+1/p-1. The second-order valence-electron chi connectivity index (χ2n) is 4.05. The molecule has 2 rings (SSSR count). The van der Waals surface area contributed by atoms with Gasteiger partial charge in [-0.05, 0) is 30.6 Å². The van der Waals surface area contributed by atoms with Gasteiger partial charge in [-0.15, -0.1) is 0 Å². The first-order valence-electron chi connectivity index (χ1n) is 5.27. The zero-order chi connectivity index (χ0) is 11.7. The number of hydrogen-bond donors (Lipinski definition) is 0. The third-order valence-corrected chi connectivity index (χ3v) is 5.67. The monoisotopic (exact) mass is 268 g/mol. The Morgan fingerprint density at radius 1 is 1.18 bits per heavy atom. The topological polar surface area (TPSA) is 40.1 Å². The molecule has 1 aliphatic heterocycles. The molecule has 1 aliphatic rings. The second-order valence-corrected chi connectivity index (χ2v) is 6.68. The van der Waals surface area contributed by atoms with Crippen LogP contribution in [-0.2, 0) is 0 Å². The predicted octanol–water partition coefficient (Wildman–Crippen LogP) is -1.35. The molecule has 0 saturated carbocycles. The van der Waals surface area contributed by atoms with Crippen LogP contribution < -0.4 is 56.5 Å². The van der Waals surface area contributed by atoms with E-state index in [2.05, 4.69) is 0 Å². The number of hydrogen-bond acceptors (Lipinski definition) is 2. The van der Waals surface area contributed by atoms with Crippen LogP contribution in [0.1, 0.15) is 19.4 Å². The van der Waals surface area contributed by atoms with E-state index < -0.39 is 14.4 Å². The summed E-state index contributed by atoms with van der Waals surface area (Å²) in [5, 5.41) is 12.0. The van der Waals surface area contributed by atoms with E-state index in [4.69, 9.17) is 0 Å². The normalized spacial score (nSPS) is 18.7. The molecule has 0 saturated heterocycles. The van der Waals surface area contributed by atoms with Gasteiger partial charge in [-0.1, -0.05) is 41.2 Å². The number of carbonyl (C=O) groups is 1. The van der Waals surface area contributed by atoms with E-state index in [0.717, 1.165) is 21.9 Å². The van der Waals surface area contributed by atoms with Crippen LogP contribution in [-0.4, -0.2) is 14.4 Å². The molecule has 1 heterocycles. The van der Waals surface area contributed by atoms with Crippen LogP contribution in [0.4, 0.5) is 4.79 Å². The van der Waals surface area contributed by atoms with Gasteiger partial charge in [-0.3, -0.25) is 0 Å². The van der Waals surface area contributed by atoms with Crippen LogP contribution >= 0.6 is 0 Å². The van der Waals surface area contributed by atoms with Crippen LogP contribution in [0.5, 0.6) is 0 Å². The molecule has 2 nitrogen and oxygen atoms in total. The molecule has 1 unspecified atom stereocenters. The molecule has 1 aromatic carbocycles. The van der Waals surface area contributed by atoms with Crippen LogP contribution in [0, 0.1) is 0 Å². The van der Waals surface area contributed by atoms with Gasteiger partial charge < -0.3 is 9.90 Å². The molecular formula is C13H13KO2Si. The number of carboxylic acid groups (broad SMARTS) is 1. The molecule has 0 amide bonds. The number of benzene rings is 1. The minimum Gasteiger partial charge on any atom is -0.555 e.